The minimum Gasteiger partial charge on any atom is -0.508 e. The average Bonchev–Trinajstić information content (AvgIpc) is 2.40. The van der Waals surface area contributed by atoms with Crippen molar-refractivity contribution in [2.24, 2.45) is 0 Å². The molecule has 1 saturated heterocycles. The van der Waals surface area contributed by atoms with Gasteiger partial charge >= 0.3 is 0 Å². The molecular formula is C13H17NO4S2. The summed E-state index contributed by atoms with van der Waals surface area (Å²) < 4.78 is 23.6. The van der Waals surface area contributed by atoms with Gasteiger partial charge in [0, 0.05) is 29.9 Å². The van der Waals surface area contributed by atoms with E-state index in [-0.39, 0.29) is 11.7 Å². The van der Waals surface area contributed by atoms with Crippen LogP contribution in [0.25, 0.3) is 0 Å². The minimum absolute atomic E-state index is 0.0399. The molecule has 1 unspecified atom stereocenters. The predicted octanol–water partition coefficient (Wildman–Crippen LogP) is 1.26. The van der Waals surface area contributed by atoms with Crippen molar-refractivity contribution in [1.82, 2.24) is 4.90 Å². The number of thioether (sulfide) groups is 1. The molecule has 1 atom stereocenters. The Balaban J connectivity index is 2.32. The second kappa shape index (κ2) is 5.65. The molecule has 0 saturated carbocycles. The third-order valence-electron chi connectivity index (χ3n) is 3.30. The lowest BCUT2D eigenvalue weighted by Crippen LogP contribution is -2.49. The van der Waals surface area contributed by atoms with Crippen molar-refractivity contribution in [3.05, 3.63) is 29.3 Å². The van der Waals surface area contributed by atoms with Gasteiger partial charge in [-0.15, -0.1) is 0 Å². The number of hydrogen-bond acceptors (Lipinski definition) is 5. The number of nitrogens with zero attached hydrogens (tertiary/aromatic N) is 1. The van der Waals surface area contributed by atoms with Gasteiger partial charge in [0.05, 0.1) is 0 Å². The molecule has 110 valence electrons. The Morgan fingerprint density at radius 2 is 2.15 bits per heavy atom. The number of carbonyl (C=O) groups excluding carboxylic acids is 1. The van der Waals surface area contributed by atoms with Crippen molar-refractivity contribution in [2.45, 2.75) is 12.3 Å². The highest BCUT2D eigenvalue weighted by Gasteiger charge is 2.34. The summed E-state index contributed by atoms with van der Waals surface area (Å²) in [6, 6.07) is 4.65. The molecule has 1 aliphatic rings. The zero-order valence-corrected chi connectivity index (χ0v) is 13.0. The fourth-order valence-corrected chi connectivity index (χ4v) is 4.89. The first-order chi connectivity index (χ1) is 9.30. The van der Waals surface area contributed by atoms with Gasteiger partial charge in [-0.3, -0.25) is 4.79 Å². The van der Waals surface area contributed by atoms with Gasteiger partial charge in [-0.1, -0.05) is 6.07 Å². The van der Waals surface area contributed by atoms with E-state index >= 15 is 0 Å². The van der Waals surface area contributed by atoms with Crippen LogP contribution in [0.1, 0.15) is 15.9 Å². The number of carbonyl (C=O) groups is 1. The van der Waals surface area contributed by atoms with Gasteiger partial charge in [0.2, 0.25) is 0 Å². The molecule has 0 radical (unpaired) electrons. The van der Waals surface area contributed by atoms with Crippen LogP contribution in [-0.2, 0) is 9.84 Å². The highest BCUT2D eigenvalue weighted by Crippen LogP contribution is 2.24. The normalized spacial score (nSPS) is 19.9. The van der Waals surface area contributed by atoms with Crippen LogP contribution in [0.4, 0.5) is 0 Å². The van der Waals surface area contributed by atoms with Crippen molar-refractivity contribution in [3.63, 3.8) is 0 Å². The summed E-state index contributed by atoms with van der Waals surface area (Å²) in [6.45, 7) is 2.14. The lowest BCUT2D eigenvalue weighted by Gasteiger charge is -2.34. The molecule has 1 N–H and O–H groups in total. The predicted molar refractivity (Wildman–Crippen MR) is 79.8 cm³/mol. The van der Waals surface area contributed by atoms with Crippen LogP contribution < -0.4 is 0 Å². The summed E-state index contributed by atoms with van der Waals surface area (Å²) >= 11 is 1.53. The van der Waals surface area contributed by atoms with Crippen LogP contribution in [0.3, 0.4) is 0 Å². The fraction of sp³-hybridized carbons (Fsp3) is 0.462. The summed E-state index contributed by atoms with van der Waals surface area (Å²) in [4.78, 5) is 13.8. The number of phenolic OH excluding ortho intramolecular Hbond substituents is 1. The molecule has 1 aliphatic heterocycles. The summed E-state index contributed by atoms with van der Waals surface area (Å²) in [6.07, 6.45) is 1.15. The Morgan fingerprint density at radius 3 is 2.75 bits per heavy atom. The Labute approximate surface area is 122 Å². The summed E-state index contributed by atoms with van der Waals surface area (Å²) in [5.74, 6) is 0.798. The van der Waals surface area contributed by atoms with Gasteiger partial charge in [-0.25, -0.2) is 8.42 Å². The maximum absolute atomic E-state index is 12.5. The van der Waals surface area contributed by atoms with E-state index < -0.39 is 15.2 Å². The molecule has 20 heavy (non-hydrogen) atoms. The summed E-state index contributed by atoms with van der Waals surface area (Å²) in [5, 5.41) is 8.89. The number of hydrogen-bond donors (Lipinski definition) is 1. The first-order valence-electron chi connectivity index (χ1n) is 6.18. The van der Waals surface area contributed by atoms with E-state index in [2.05, 4.69) is 0 Å². The zero-order chi connectivity index (χ0) is 14.9. The monoisotopic (exact) mass is 315 g/mol. The zero-order valence-electron chi connectivity index (χ0n) is 11.4. The fourth-order valence-electron chi connectivity index (χ4n) is 2.08. The van der Waals surface area contributed by atoms with Crippen LogP contribution in [0.5, 0.6) is 5.75 Å². The molecule has 0 bridgehead atoms. The topological polar surface area (TPSA) is 74.7 Å². The second-order valence-corrected chi connectivity index (χ2v) is 8.21. The van der Waals surface area contributed by atoms with Crippen LogP contribution in [-0.4, -0.2) is 54.0 Å². The van der Waals surface area contributed by atoms with Crippen LogP contribution in [0.15, 0.2) is 18.2 Å². The number of phenols is 1. The molecule has 1 aromatic rings. The van der Waals surface area contributed by atoms with Crippen LogP contribution >= 0.6 is 11.8 Å². The largest absolute Gasteiger partial charge is 0.508 e. The Morgan fingerprint density at radius 1 is 1.45 bits per heavy atom. The first-order valence-corrected chi connectivity index (χ1v) is 9.29. The molecule has 1 fully saturated rings. The Bertz CT molecular complexity index is 627. The Hall–Kier alpha value is -1.21. The van der Waals surface area contributed by atoms with Crippen molar-refractivity contribution in [3.8, 4) is 5.75 Å². The van der Waals surface area contributed by atoms with E-state index in [4.69, 9.17) is 0 Å². The lowest BCUT2D eigenvalue weighted by molar-refractivity contribution is 0.0749. The summed E-state index contributed by atoms with van der Waals surface area (Å²) in [7, 11) is -3.32. The number of amides is 1. The number of aryl methyl sites for hydroxylation is 1. The van der Waals surface area contributed by atoms with Crippen LogP contribution in [0, 0.1) is 6.92 Å². The van der Waals surface area contributed by atoms with Crippen molar-refractivity contribution >= 4 is 27.5 Å². The van der Waals surface area contributed by atoms with Crippen molar-refractivity contribution in [2.75, 3.05) is 24.3 Å². The minimum atomic E-state index is -3.32. The van der Waals surface area contributed by atoms with E-state index in [1.54, 1.807) is 19.1 Å². The summed E-state index contributed by atoms with van der Waals surface area (Å²) in [5.41, 5.74) is 0.990. The van der Waals surface area contributed by atoms with E-state index in [0.29, 0.717) is 23.4 Å². The van der Waals surface area contributed by atoms with Gasteiger partial charge in [0.1, 0.15) is 11.1 Å². The van der Waals surface area contributed by atoms with Gasteiger partial charge in [0.15, 0.2) is 9.84 Å². The number of benzene rings is 1. The molecule has 1 aromatic carbocycles. The molecular weight excluding hydrogens is 298 g/mol. The van der Waals surface area contributed by atoms with E-state index in [0.717, 1.165) is 12.0 Å². The maximum Gasteiger partial charge on any atom is 0.255 e. The van der Waals surface area contributed by atoms with Gasteiger partial charge in [0.25, 0.3) is 5.91 Å². The molecule has 0 aliphatic carbocycles. The average molecular weight is 315 g/mol. The Kier molecular flexibility index (Phi) is 4.29. The third kappa shape index (κ3) is 3.09. The second-order valence-electron chi connectivity index (χ2n) is 4.86. The number of rotatable bonds is 2. The SMILES string of the molecule is Cc1ccc(C(=O)N2CCSCC2S(C)(=O)=O)cc1O. The quantitative estimate of drug-likeness (QED) is 0.889. The highest BCUT2D eigenvalue weighted by atomic mass is 32.2. The number of sulfone groups is 1. The molecule has 0 spiro atoms. The van der Waals surface area contributed by atoms with E-state index in [1.165, 1.54) is 22.7 Å². The molecule has 2 rings (SSSR count). The van der Waals surface area contributed by atoms with Crippen LogP contribution in [0.2, 0.25) is 0 Å². The molecule has 7 heteroatoms. The van der Waals surface area contributed by atoms with Gasteiger partial charge in [-0.2, -0.15) is 11.8 Å². The molecule has 5 nitrogen and oxygen atoms in total. The van der Waals surface area contributed by atoms with E-state index in [9.17, 15) is 18.3 Å². The smallest absolute Gasteiger partial charge is 0.255 e. The standard InChI is InChI=1S/C13H17NO4S2/c1-9-3-4-10(7-11(9)15)13(16)14-5-6-19-8-12(14)20(2,17)18/h3-4,7,12,15H,5-6,8H2,1-2H3. The van der Waals surface area contributed by atoms with E-state index in [1.807, 2.05) is 0 Å². The maximum atomic E-state index is 12.5. The lowest BCUT2D eigenvalue weighted by atomic mass is 10.1. The molecule has 1 heterocycles. The van der Waals surface area contributed by atoms with Gasteiger partial charge in [-0.05, 0) is 24.6 Å². The van der Waals surface area contributed by atoms with Crippen molar-refractivity contribution < 1.29 is 18.3 Å². The molecule has 0 aromatic heterocycles. The molecule has 1 amide bonds. The number of aromatic hydroxyl groups is 1. The first kappa shape index (κ1) is 15.2. The highest BCUT2D eigenvalue weighted by molar-refractivity contribution is 8.00. The van der Waals surface area contributed by atoms with Gasteiger partial charge < -0.3 is 10.0 Å². The van der Waals surface area contributed by atoms with Crippen molar-refractivity contribution in [1.29, 1.82) is 0 Å². The third-order valence-corrected chi connectivity index (χ3v) is 5.94.